The number of nitrogens with zero attached hydrogens (tertiary/aromatic N) is 1. The second kappa shape index (κ2) is 5.63. The Morgan fingerprint density at radius 1 is 1.38 bits per heavy atom. The molecular formula is C10H20BrNO. The summed E-state index contributed by atoms with van der Waals surface area (Å²) in [6.07, 6.45) is 0.841. The lowest BCUT2D eigenvalue weighted by molar-refractivity contribution is -0.131. The van der Waals surface area contributed by atoms with Crippen LogP contribution in [0.5, 0.6) is 0 Å². The molecule has 0 aromatic carbocycles. The lowest BCUT2D eigenvalue weighted by Crippen LogP contribution is -2.41. The predicted molar refractivity (Wildman–Crippen MR) is 60.1 cm³/mol. The molecular weight excluding hydrogens is 230 g/mol. The molecule has 0 bridgehead atoms. The number of amides is 1. The van der Waals surface area contributed by atoms with Crippen molar-refractivity contribution in [2.75, 3.05) is 7.05 Å². The van der Waals surface area contributed by atoms with Crippen LogP contribution in [-0.2, 0) is 4.79 Å². The van der Waals surface area contributed by atoms with Gasteiger partial charge in [0.25, 0.3) is 0 Å². The highest BCUT2D eigenvalue weighted by Crippen LogP contribution is 2.14. The third kappa shape index (κ3) is 3.67. The van der Waals surface area contributed by atoms with Gasteiger partial charge < -0.3 is 4.90 Å². The molecule has 0 spiro atoms. The topological polar surface area (TPSA) is 20.3 Å². The van der Waals surface area contributed by atoms with Gasteiger partial charge in [-0.1, -0.05) is 36.7 Å². The van der Waals surface area contributed by atoms with E-state index in [-0.39, 0.29) is 10.7 Å². The zero-order chi connectivity index (χ0) is 10.6. The molecule has 0 saturated heterocycles. The molecule has 0 heterocycles. The van der Waals surface area contributed by atoms with Crippen LogP contribution in [0.15, 0.2) is 0 Å². The highest BCUT2D eigenvalue weighted by atomic mass is 79.9. The van der Waals surface area contributed by atoms with E-state index in [0.29, 0.717) is 12.0 Å². The minimum absolute atomic E-state index is 0.0290. The van der Waals surface area contributed by atoms with Crippen LogP contribution in [-0.4, -0.2) is 28.7 Å². The number of hydrogen-bond donors (Lipinski definition) is 0. The third-order valence-corrected chi connectivity index (χ3v) is 3.59. The maximum atomic E-state index is 11.7. The first kappa shape index (κ1) is 12.9. The average molecular weight is 250 g/mol. The summed E-state index contributed by atoms with van der Waals surface area (Å²) in [6.45, 7) is 8.34. The smallest absolute Gasteiger partial charge is 0.236 e. The molecule has 78 valence electrons. The van der Waals surface area contributed by atoms with Gasteiger partial charge in [0, 0.05) is 13.1 Å². The summed E-state index contributed by atoms with van der Waals surface area (Å²) in [5.74, 6) is 0.689. The molecule has 0 radical (unpaired) electrons. The fourth-order valence-corrected chi connectivity index (χ4v) is 1.37. The molecule has 0 N–H and O–H groups in total. The van der Waals surface area contributed by atoms with Crippen LogP contribution in [0.3, 0.4) is 0 Å². The van der Waals surface area contributed by atoms with E-state index >= 15 is 0 Å². The Kier molecular flexibility index (Phi) is 5.61. The molecule has 0 rings (SSSR count). The maximum absolute atomic E-state index is 11.7. The van der Waals surface area contributed by atoms with Crippen LogP contribution in [0, 0.1) is 5.92 Å². The van der Waals surface area contributed by atoms with Crippen molar-refractivity contribution in [3.05, 3.63) is 0 Å². The predicted octanol–water partition coefficient (Wildman–Crippen LogP) is 2.66. The molecule has 0 aliphatic carbocycles. The monoisotopic (exact) mass is 249 g/mol. The van der Waals surface area contributed by atoms with E-state index in [1.54, 1.807) is 0 Å². The van der Waals surface area contributed by atoms with E-state index in [4.69, 9.17) is 0 Å². The Bertz CT molecular complexity index is 170. The minimum Gasteiger partial charge on any atom is -0.342 e. The van der Waals surface area contributed by atoms with Gasteiger partial charge in [-0.3, -0.25) is 4.79 Å². The van der Waals surface area contributed by atoms with Crippen molar-refractivity contribution in [2.24, 2.45) is 5.92 Å². The van der Waals surface area contributed by atoms with Crippen LogP contribution < -0.4 is 0 Å². The Morgan fingerprint density at radius 2 is 1.85 bits per heavy atom. The molecule has 2 atom stereocenters. The number of carbonyl (C=O) groups is 1. The first-order chi connectivity index (χ1) is 5.91. The lowest BCUT2D eigenvalue weighted by Gasteiger charge is -2.29. The van der Waals surface area contributed by atoms with Gasteiger partial charge in [-0.05, 0) is 19.3 Å². The van der Waals surface area contributed by atoms with Gasteiger partial charge in [-0.25, -0.2) is 0 Å². The summed E-state index contributed by atoms with van der Waals surface area (Å²) < 4.78 is 0. The van der Waals surface area contributed by atoms with Crippen molar-refractivity contribution in [1.82, 2.24) is 4.90 Å². The molecule has 0 aliphatic heterocycles. The highest BCUT2D eigenvalue weighted by Gasteiger charge is 2.22. The van der Waals surface area contributed by atoms with Gasteiger partial charge in [0.1, 0.15) is 0 Å². The van der Waals surface area contributed by atoms with Crippen molar-refractivity contribution in [2.45, 2.75) is 45.0 Å². The van der Waals surface area contributed by atoms with Crippen LogP contribution in [0.1, 0.15) is 34.1 Å². The Hall–Kier alpha value is -0.0500. The Morgan fingerprint density at radius 3 is 2.15 bits per heavy atom. The number of hydrogen-bond acceptors (Lipinski definition) is 1. The average Bonchev–Trinajstić information content (AvgIpc) is 2.12. The lowest BCUT2D eigenvalue weighted by atomic mass is 10.0. The Balaban J connectivity index is 4.25. The van der Waals surface area contributed by atoms with Crippen LogP contribution in [0.4, 0.5) is 0 Å². The number of alkyl halides is 1. The second-order valence-corrected chi connectivity index (χ2v) is 4.91. The van der Waals surface area contributed by atoms with Crippen molar-refractivity contribution >= 4 is 21.8 Å². The van der Waals surface area contributed by atoms with E-state index < -0.39 is 0 Å². The van der Waals surface area contributed by atoms with Gasteiger partial charge in [0.2, 0.25) is 5.91 Å². The number of halogens is 1. The summed E-state index contributed by atoms with van der Waals surface area (Å²) in [7, 11) is 1.87. The largest absolute Gasteiger partial charge is 0.342 e. The summed E-state index contributed by atoms with van der Waals surface area (Å²) in [4.78, 5) is 13.5. The van der Waals surface area contributed by atoms with Crippen LogP contribution in [0.2, 0.25) is 0 Å². The standard InChI is InChI=1S/C10H20BrNO/c1-6-9(11)10(13)12(5)8(4)7(2)3/h7-9H,6H2,1-5H3. The summed E-state index contributed by atoms with van der Waals surface area (Å²) in [6, 6.07) is 0.305. The van der Waals surface area contributed by atoms with Gasteiger partial charge in [-0.15, -0.1) is 0 Å². The van der Waals surface area contributed by atoms with Crippen LogP contribution in [0.25, 0.3) is 0 Å². The van der Waals surface area contributed by atoms with E-state index in [1.165, 1.54) is 0 Å². The summed E-state index contributed by atoms with van der Waals surface area (Å²) >= 11 is 3.37. The Labute approximate surface area is 89.8 Å². The van der Waals surface area contributed by atoms with Gasteiger partial charge >= 0.3 is 0 Å². The molecule has 0 aromatic rings. The van der Waals surface area contributed by atoms with Gasteiger partial charge in [-0.2, -0.15) is 0 Å². The maximum Gasteiger partial charge on any atom is 0.236 e. The van der Waals surface area contributed by atoms with E-state index in [0.717, 1.165) is 6.42 Å². The second-order valence-electron chi connectivity index (χ2n) is 3.81. The normalized spacial score (nSPS) is 15.6. The third-order valence-electron chi connectivity index (χ3n) is 2.55. The molecule has 0 fully saturated rings. The zero-order valence-electron chi connectivity index (χ0n) is 9.17. The molecule has 2 nitrogen and oxygen atoms in total. The number of carbonyl (C=O) groups excluding carboxylic acids is 1. The van der Waals surface area contributed by atoms with E-state index in [1.807, 2.05) is 18.9 Å². The molecule has 1 amide bonds. The van der Waals surface area contributed by atoms with Crippen molar-refractivity contribution in [1.29, 1.82) is 0 Å². The van der Waals surface area contributed by atoms with Crippen molar-refractivity contribution in [3.8, 4) is 0 Å². The fraction of sp³-hybridized carbons (Fsp3) is 0.900. The molecule has 3 heteroatoms. The SMILES string of the molecule is CCC(Br)C(=O)N(C)C(C)C(C)C. The molecule has 0 saturated carbocycles. The van der Waals surface area contributed by atoms with E-state index in [2.05, 4.69) is 36.7 Å². The number of rotatable bonds is 4. The minimum atomic E-state index is -0.0290. The van der Waals surface area contributed by atoms with Gasteiger partial charge in [0.15, 0.2) is 0 Å². The first-order valence-electron chi connectivity index (χ1n) is 4.82. The fourth-order valence-electron chi connectivity index (χ4n) is 1.04. The molecule has 2 unspecified atom stereocenters. The molecule has 0 aromatic heterocycles. The zero-order valence-corrected chi connectivity index (χ0v) is 10.8. The highest BCUT2D eigenvalue weighted by molar-refractivity contribution is 9.10. The molecule has 13 heavy (non-hydrogen) atoms. The quantitative estimate of drug-likeness (QED) is 0.702. The van der Waals surface area contributed by atoms with Crippen molar-refractivity contribution < 1.29 is 4.79 Å². The van der Waals surface area contributed by atoms with Gasteiger partial charge in [0.05, 0.1) is 4.83 Å². The molecule has 0 aliphatic rings. The van der Waals surface area contributed by atoms with E-state index in [9.17, 15) is 4.79 Å². The summed E-state index contributed by atoms with van der Waals surface area (Å²) in [5, 5.41) is 0. The summed E-state index contributed by atoms with van der Waals surface area (Å²) in [5.41, 5.74) is 0. The van der Waals surface area contributed by atoms with Crippen LogP contribution >= 0.6 is 15.9 Å². The first-order valence-corrected chi connectivity index (χ1v) is 5.74. The van der Waals surface area contributed by atoms with Crippen molar-refractivity contribution in [3.63, 3.8) is 0 Å².